The molecule has 1 saturated heterocycles. The minimum Gasteiger partial charge on any atom is -0.496 e. The molecule has 2 aromatic carbocycles. The number of benzene rings is 2. The molecule has 150 valence electrons. The Hall–Kier alpha value is -2.37. The zero-order chi connectivity index (χ0) is 20.3. The Balaban J connectivity index is 1.72. The highest BCUT2D eigenvalue weighted by Crippen LogP contribution is 2.30. The third-order valence-electron chi connectivity index (χ3n) is 5.63. The van der Waals surface area contributed by atoms with Crippen molar-refractivity contribution in [3.63, 3.8) is 0 Å². The van der Waals surface area contributed by atoms with Crippen molar-refractivity contribution >= 4 is 5.91 Å². The minimum absolute atomic E-state index is 0.0492. The first-order chi connectivity index (χ1) is 13.3. The smallest absolute Gasteiger partial charge is 0.253 e. The molecule has 1 aliphatic heterocycles. The number of amides is 1. The van der Waals surface area contributed by atoms with Gasteiger partial charge < -0.3 is 19.6 Å². The van der Waals surface area contributed by atoms with Gasteiger partial charge in [0.25, 0.3) is 5.91 Å². The first-order valence-electron chi connectivity index (χ1n) is 9.67. The second kappa shape index (κ2) is 8.33. The van der Waals surface area contributed by atoms with Gasteiger partial charge in [0.1, 0.15) is 5.75 Å². The average Bonchev–Trinajstić information content (AvgIpc) is 3.05. The van der Waals surface area contributed by atoms with Crippen molar-refractivity contribution in [3.05, 3.63) is 53.6 Å². The Bertz CT molecular complexity index is 834. The Morgan fingerprint density at radius 3 is 2.46 bits per heavy atom. The number of ether oxygens (including phenoxy) is 1. The molecule has 1 N–H and O–H groups in total. The van der Waals surface area contributed by atoms with E-state index in [1.54, 1.807) is 7.11 Å². The molecular weight excluding hydrogens is 352 g/mol. The monoisotopic (exact) mass is 382 g/mol. The highest BCUT2D eigenvalue weighted by Gasteiger charge is 2.34. The molecule has 1 unspecified atom stereocenters. The highest BCUT2D eigenvalue weighted by molar-refractivity contribution is 5.94. The first kappa shape index (κ1) is 20.4. The molecule has 0 aromatic heterocycles. The fourth-order valence-electron chi connectivity index (χ4n) is 4.15. The van der Waals surface area contributed by atoms with Crippen LogP contribution in [0.4, 0.5) is 0 Å². The van der Waals surface area contributed by atoms with E-state index in [1.165, 1.54) is 0 Å². The van der Waals surface area contributed by atoms with Crippen molar-refractivity contribution in [1.29, 1.82) is 0 Å². The van der Waals surface area contributed by atoms with Crippen molar-refractivity contribution in [2.24, 2.45) is 5.41 Å². The molecule has 5 heteroatoms. The molecule has 1 amide bonds. The van der Waals surface area contributed by atoms with Gasteiger partial charge in [-0.3, -0.25) is 4.79 Å². The number of aliphatic hydroxyl groups excluding tert-OH is 1. The van der Waals surface area contributed by atoms with Crippen LogP contribution in [0.3, 0.4) is 0 Å². The molecule has 1 atom stereocenters. The van der Waals surface area contributed by atoms with Crippen molar-refractivity contribution in [2.75, 3.05) is 40.8 Å². The molecule has 5 nitrogen and oxygen atoms in total. The normalized spacial score (nSPS) is 19.6. The number of aliphatic hydroxyl groups is 1. The van der Waals surface area contributed by atoms with E-state index in [0.29, 0.717) is 11.3 Å². The van der Waals surface area contributed by atoms with Gasteiger partial charge in [0.05, 0.1) is 13.7 Å². The van der Waals surface area contributed by atoms with E-state index in [1.807, 2.05) is 54.4 Å². The van der Waals surface area contributed by atoms with Gasteiger partial charge >= 0.3 is 0 Å². The summed E-state index contributed by atoms with van der Waals surface area (Å²) in [7, 11) is 5.61. The van der Waals surface area contributed by atoms with Crippen LogP contribution in [-0.2, 0) is 6.61 Å². The van der Waals surface area contributed by atoms with Gasteiger partial charge in [0.2, 0.25) is 0 Å². The van der Waals surface area contributed by atoms with Gasteiger partial charge in [-0.2, -0.15) is 0 Å². The van der Waals surface area contributed by atoms with Crippen molar-refractivity contribution in [1.82, 2.24) is 9.80 Å². The number of hydrogen-bond acceptors (Lipinski definition) is 4. The standard InChI is InChI=1S/C23H30N2O3/c1-23(11-12-24(2)15-23)16-25(3)22(27)18-7-5-17(6-8-18)19-9-10-21(28-4)20(13-19)14-26/h5-10,13,26H,11-12,14-16H2,1-4H3. The van der Waals surface area contributed by atoms with Crippen LogP contribution < -0.4 is 4.74 Å². The zero-order valence-corrected chi connectivity index (χ0v) is 17.2. The Morgan fingerprint density at radius 1 is 1.21 bits per heavy atom. The van der Waals surface area contributed by atoms with Crippen LogP contribution in [-0.4, -0.2) is 61.7 Å². The van der Waals surface area contributed by atoms with Crippen LogP contribution in [0, 0.1) is 5.41 Å². The van der Waals surface area contributed by atoms with Gasteiger partial charge in [-0.15, -0.1) is 0 Å². The summed E-state index contributed by atoms with van der Waals surface area (Å²) in [5.41, 5.74) is 3.58. The molecule has 1 aliphatic rings. The third kappa shape index (κ3) is 4.37. The van der Waals surface area contributed by atoms with Gasteiger partial charge in [0, 0.05) is 31.3 Å². The predicted molar refractivity (Wildman–Crippen MR) is 112 cm³/mol. The molecule has 0 saturated carbocycles. The summed E-state index contributed by atoms with van der Waals surface area (Å²) in [6.07, 6.45) is 1.12. The van der Waals surface area contributed by atoms with Crippen molar-refractivity contribution in [3.8, 4) is 16.9 Å². The van der Waals surface area contributed by atoms with E-state index in [9.17, 15) is 9.90 Å². The maximum atomic E-state index is 12.9. The Kier molecular flexibility index (Phi) is 6.06. The second-order valence-electron chi connectivity index (χ2n) is 8.22. The van der Waals surface area contributed by atoms with Crippen LogP contribution in [0.5, 0.6) is 5.75 Å². The van der Waals surface area contributed by atoms with E-state index < -0.39 is 0 Å². The molecule has 0 aliphatic carbocycles. The van der Waals surface area contributed by atoms with Crippen LogP contribution >= 0.6 is 0 Å². The number of hydrogen-bond donors (Lipinski definition) is 1. The summed E-state index contributed by atoms with van der Waals surface area (Å²) in [6, 6.07) is 13.4. The number of methoxy groups -OCH3 is 1. The topological polar surface area (TPSA) is 53.0 Å². The lowest BCUT2D eigenvalue weighted by molar-refractivity contribution is 0.0730. The lowest BCUT2D eigenvalue weighted by atomic mass is 9.89. The predicted octanol–water partition coefficient (Wildman–Crippen LogP) is 3.27. The lowest BCUT2D eigenvalue weighted by Gasteiger charge is -2.30. The first-order valence-corrected chi connectivity index (χ1v) is 9.67. The van der Waals surface area contributed by atoms with Gasteiger partial charge in [-0.1, -0.05) is 25.1 Å². The third-order valence-corrected chi connectivity index (χ3v) is 5.63. The van der Waals surface area contributed by atoms with Gasteiger partial charge in [-0.25, -0.2) is 0 Å². The summed E-state index contributed by atoms with van der Waals surface area (Å²) in [6.45, 7) is 5.05. The molecule has 2 aromatic rings. The summed E-state index contributed by atoms with van der Waals surface area (Å²) in [5.74, 6) is 0.721. The second-order valence-corrected chi connectivity index (χ2v) is 8.22. The molecule has 0 bridgehead atoms. The fraction of sp³-hybridized carbons (Fsp3) is 0.435. The van der Waals surface area contributed by atoms with E-state index >= 15 is 0 Å². The van der Waals surface area contributed by atoms with Gasteiger partial charge in [-0.05, 0) is 60.8 Å². The van der Waals surface area contributed by atoms with Gasteiger partial charge in [0.15, 0.2) is 0 Å². The van der Waals surface area contributed by atoms with Crippen molar-refractivity contribution < 1.29 is 14.6 Å². The van der Waals surface area contributed by atoms with E-state index in [4.69, 9.17) is 4.74 Å². The molecular formula is C23H30N2O3. The summed E-state index contributed by atoms with van der Waals surface area (Å²) < 4.78 is 5.26. The fourth-order valence-corrected chi connectivity index (χ4v) is 4.15. The Morgan fingerprint density at radius 2 is 1.89 bits per heavy atom. The van der Waals surface area contributed by atoms with Crippen LogP contribution in [0.15, 0.2) is 42.5 Å². The SMILES string of the molecule is COc1ccc(-c2ccc(C(=O)N(C)CC3(C)CCN(C)C3)cc2)cc1CO. The largest absolute Gasteiger partial charge is 0.496 e. The summed E-state index contributed by atoms with van der Waals surface area (Å²) >= 11 is 0. The van der Waals surface area contributed by atoms with E-state index in [0.717, 1.165) is 42.7 Å². The number of carbonyl (C=O) groups excluding carboxylic acids is 1. The quantitative estimate of drug-likeness (QED) is 0.833. The maximum absolute atomic E-state index is 12.9. The number of likely N-dealkylation sites (tertiary alicyclic amines) is 1. The number of carbonyl (C=O) groups is 1. The van der Waals surface area contributed by atoms with E-state index in [-0.39, 0.29) is 17.9 Å². The molecule has 3 rings (SSSR count). The Labute approximate surface area is 167 Å². The summed E-state index contributed by atoms with van der Waals surface area (Å²) in [4.78, 5) is 17.0. The zero-order valence-electron chi connectivity index (χ0n) is 17.2. The van der Waals surface area contributed by atoms with Crippen LogP contribution in [0.1, 0.15) is 29.3 Å². The van der Waals surface area contributed by atoms with Crippen molar-refractivity contribution in [2.45, 2.75) is 20.0 Å². The average molecular weight is 383 g/mol. The molecule has 0 radical (unpaired) electrons. The van der Waals surface area contributed by atoms with Crippen LogP contribution in [0.25, 0.3) is 11.1 Å². The molecule has 0 spiro atoms. The highest BCUT2D eigenvalue weighted by atomic mass is 16.5. The molecule has 1 fully saturated rings. The molecule has 1 heterocycles. The minimum atomic E-state index is -0.0770. The molecule has 28 heavy (non-hydrogen) atoms. The summed E-state index contributed by atoms with van der Waals surface area (Å²) in [5, 5.41) is 9.52. The van der Waals surface area contributed by atoms with Crippen LogP contribution in [0.2, 0.25) is 0 Å². The lowest BCUT2D eigenvalue weighted by Crippen LogP contribution is -2.38. The number of rotatable bonds is 6. The van der Waals surface area contributed by atoms with E-state index in [2.05, 4.69) is 18.9 Å². The maximum Gasteiger partial charge on any atom is 0.253 e. The number of nitrogens with zero attached hydrogens (tertiary/aromatic N) is 2.